The van der Waals surface area contributed by atoms with Crippen LogP contribution in [0.3, 0.4) is 0 Å². The molecule has 10 nitrogen and oxygen atoms in total. The lowest BCUT2D eigenvalue weighted by molar-refractivity contribution is -0.167. The maximum absolute atomic E-state index is 13.8. The quantitative estimate of drug-likeness (QED) is 0.194. The van der Waals surface area contributed by atoms with Gasteiger partial charge in [-0.05, 0) is 93.8 Å². The highest BCUT2D eigenvalue weighted by Gasteiger charge is 2.72. The van der Waals surface area contributed by atoms with Crippen molar-refractivity contribution in [1.82, 2.24) is 20.0 Å². The Kier molecular flexibility index (Phi) is 8.10. The van der Waals surface area contributed by atoms with Gasteiger partial charge in [0.15, 0.2) is 0 Å². The molecule has 48 heavy (non-hydrogen) atoms. The van der Waals surface area contributed by atoms with E-state index in [0.29, 0.717) is 43.8 Å². The van der Waals surface area contributed by atoms with Crippen molar-refractivity contribution in [1.29, 1.82) is 0 Å². The molecule has 0 spiro atoms. The first-order valence-electron chi connectivity index (χ1n) is 16.7. The minimum atomic E-state index is -1.07. The number of ether oxygens (including phenoxy) is 3. The van der Waals surface area contributed by atoms with Crippen LogP contribution in [0.2, 0.25) is 0 Å². The number of carboxylic acid groups (broad SMARTS) is 1. The molecule has 4 saturated carbocycles. The fourth-order valence-electron chi connectivity index (χ4n) is 10.0. The van der Waals surface area contributed by atoms with Crippen molar-refractivity contribution >= 4 is 22.8 Å². The van der Waals surface area contributed by atoms with Gasteiger partial charge in [-0.15, -0.1) is 0 Å². The van der Waals surface area contributed by atoms with Gasteiger partial charge in [0, 0.05) is 40.7 Å². The standard InChI is InChI=1S/C38H44N4O6/c1-41(2)17-9-19-48-29-15-14-28(26-10-5-6-11-27(26)29)37-21-25-20-36(23-37,32-30(46-3)12-7-13-31(32)47-4)24-38(22-25,33(37)34(43)44)40-35(45)42-18-8-16-39-42/h5-8,10-16,18,25,33H,9,17,19-24H2,1-4H3,(H,40,45)(H,43,44). The molecule has 2 N–H and O–H groups in total. The molecule has 5 atom stereocenters. The molecule has 0 aliphatic heterocycles. The third-order valence-corrected chi connectivity index (χ3v) is 11.1. The molecule has 10 heteroatoms. The molecular weight excluding hydrogens is 608 g/mol. The fraction of sp³-hybridized carbons (Fsp3) is 0.447. The van der Waals surface area contributed by atoms with Crippen LogP contribution in [0.25, 0.3) is 10.8 Å². The van der Waals surface area contributed by atoms with Gasteiger partial charge in [-0.2, -0.15) is 9.78 Å². The SMILES string of the molecule is COc1cccc(OC)c1C12CC3CC(NC(=O)n4cccn4)(C1)C(C(=O)O)C(c1ccc(OCCCN(C)C)c4ccccc14)(C3)C2. The summed E-state index contributed by atoms with van der Waals surface area (Å²) in [4.78, 5) is 29.8. The van der Waals surface area contributed by atoms with Crippen molar-refractivity contribution in [2.75, 3.05) is 41.5 Å². The number of rotatable bonds is 11. The molecule has 4 fully saturated rings. The minimum Gasteiger partial charge on any atom is -0.496 e. The van der Waals surface area contributed by atoms with E-state index in [9.17, 15) is 14.7 Å². The van der Waals surface area contributed by atoms with E-state index in [1.807, 2.05) is 50.5 Å². The second-order valence-electron chi connectivity index (χ2n) is 14.3. The van der Waals surface area contributed by atoms with Crippen molar-refractivity contribution in [3.63, 3.8) is 0 Å². The molecule has 0 radical (unpaired) electrons. The average molecular weight is 653 g/mol. The number of aliphatic carboxylic acids is 1. The number of benzene rings is 3. The molecule has 4 bridgehead atoms. The van der Waals surface area contributed by atoms with E-state index < -0.39 is 34.3 Å². The molecular formula is C38H44N4O6. The first kappa shape index (κ1) is 32.0. The number of hydrogen-bond donors (Lipinski definition) is 2. The van der Waals surface area contributed by atoms with E-state index in [2.05, 4.69) is 33.5 Å². The van der Waals surface area contributed by atoms with Crippen LogP contribution in [0, 0.1) is 11.8 Å². The van der Waals surface area contributed by atoms with Crippen molar-refractivity contribution < 1.29 is 28.9 Å². The Hall–Kier alpha value is -4.57. The zero-order valence-electron chi connectivity index (χ0n) is 28.1. The lowest BCUT2D eigenvalue weighted by Gasteiger charge is -2.69. The predicted octanol–water partition coefficient (Wildman–Crippen LogP) is 5.86. The van der Waals surface area contributed by atoms with Crippen LogP contribution in [0.5, 0.6) is 17.2 Å². The van der Waals surface area contributed by atoms with Crippen LogP contribution in [-0.2, 0) is 15.6 Å². The van der Waals surface area contributed by atoms with Crippen LogP contribution in [0.15, 0.2) is 73.1 Å². The summed E-state index contributed by atoms with van der Waals surface area (Å²) in [6, 6.07) is 19.3. The monoisotopic (exact) mass is 652 g/mol. The van der Waals surface area contributed by atoms with Gasteiger partial charge in [0.25, 0.3) is 0 Å². The maximum atomic E-state index is 13.8. The maximum Gasteiger partial charge on any atom is 0.342 e. The fourth-order valence-corrected chi connectivity index (χ4v) is 10.0. The summed E-state index contributed by atoms with van der Waals surface area (Å²) in [5, 5.41) is 20.7. The number of nitrogens with zero attached hydrogens (tertiary/aromatic N) is 3. The van der Waals surface area contributed by atoms with Gasteiger partial charge in [0.1, 0.15) is 17.2 Å². The van der Waals surface area contributed by atoms with E-state index in [1.165, 1.54) is 4.68 Å². The molecule has 1 aromatic heterocycles. The van der Waals surface area contributed by atoms with Crippen LogP contribution in [-0.4, -0.2) is 78.8 Å². The van der Waals surface area contributed by atoms with Gasteiger partial charge < -0.3 is 29.5 Å². The Morgan fingerprint density at radius 1 is 0.938 bits per heavy atom. The zero-order chi connectivity index (χ0) is 33.7. The summed E-state index contributed by atoms with van der Waals surface area (Å²) in [6.45, 7) is 1.49. The average Bonchev–Trinajstić information content (AvgIpc) is 3.61. The van der Waals surface area contributed by atoms with E-state index in [0.717, 1.165) is 47.0 Å². The number of carbonyl (C=O) groups is 2. The van der Waals surface area contributed by atoms with Gasteiger partial charge in [-0.1, -0.05) is 36.4 Å². The van der Waals surface area contributed by atoms with Crippen molar-refractivity contribution in [2.24, 2.45) is 11.8 Å². The number of hydrogen-bond acceptors (Lipinski definition) is 7. The van der Waals surface area contributed by atoms with Gasteiger partial charge >= 0.3 is 12.0 Å². The van der Waals surface area contributed by atoms with Gasteiger partial charge in [-0.25, -0.2) is 4.79 Å². The largest absolute Gasteiger partial charge is 0.496 e. The van der Waals surface area contributed by atoms with E-state index in [4.69, 9.17) is 14.2 Å². The number of aromatic nitrogens is 2. The summed E-state index contributed by atoms with van der Waals surface area (Å²) < 4.78 is 19.6. The van der Waals surface area contributed by atoms with E-state index in [-0.39, 0.29) is 5.92 Å². The number of carboxylic acids is 1. The molecule has 4 aliphatic rings. The second kappa shape index (κ2) is 12.1. The van der Waals surface area contributed by atoms with E-state index >= 15 is 0 Å². The number of amides is 1. The summed E-state index contributed by atoms with van der Waals surface area (Å²) >= 11 is 0. The van der Waals surface area contributed by atoms with Gasteiger partial charge in [-0.3, -0.25) is 4.79 Å². The van der Waals surface area contributed by atoms with Crippen LogP contribution in [0.1, 0.15) is 49.7 Å². The third-order valence-electron chi connectivity index (χ3n) is 11.1. The molecule has 4 aliphatic carbocycles. The summed E-state index contributed by atoms with van der Waals surface area (Å²) in [7, 11) is 7.42. The van der Waals surface area contributed by atoms with Gasteiger partial charge in [0.2, 0.25) is 0 Å². The van der Waals surface area contributed by atoms with Crippen molar-refractivity contribution in [3.8, 4) is 17.2 Å². The molecule has 8 rings (SSSR count). The van der Waals surface area contributed by atoms with Gasteiger partial charge in [0.05, 0.1) is 32.3 Å². The highest BCUT2D eigenvalue weighted by Crippen LogP contribution is 2.71. The minimum absolute atomic E-state index is 0.136. The Morgan fingerprint density at radius 2 is 1.69 bits per heavy atom. The number of fused-ring (bicyclic) bond motifs is 1. The first-order chi connectivity index (χ1) is 23.1. The van der Waals surface area contributed by atoms with Crippen LogP contribution < -0.4 is 19.5 Å². The highest BCUT2D eigenvalue weighted by atomic mass is 16.5. The summed E-state index contributed by atoms with van der Waals surface area (Å²) in [5.41, 5.74) is -0.507. The molecule has 0 saturated heterocycles. The van der Waals surface area contributed by atoms with Crippen LogP contribution in [0.4, 0.5) is 4.79 Å². The number of methoxy groups -OCH3 is 2. The molecule has 252 valence electrons. The predicted molar refractivity (Wildman–Crippen MR) is 182 cm³/mol. The molecule has 1 amide bonds. The highest BCUT2D eigenvalue weighted by molar-refractivity contribution is 5.93. The lowest BCUT2D eigenvalue weighted by Crippen LogP contribution is -2.75. The third kappa shape index (κ3) is 5.08. The summed E-state index contributed by atoms with van der Waals surface area (Å²) in [6.07, 6.45) is 7.11. The Labute approximate surface area is 281 Å². The number of nitrogens with one attached hydrogen (secondary N) is 1. The Morgan fingerprint density at radius 3 is 2.35 bits per heavy atom. The Bertz CT molecular complexity index is 1820. The molecule has 5 unspecified atom stereocenters. The van der Waals surface area contributed by atoms with E-state index in [1.54, 1.807) is 32.7 Å². The normalized spacial score (nSPS) is 27.3. The smallest absolute Gasteiger partial charge is 0.342 e. The summed E-state index contributed by atoms with van der Waals surface area (Å²) in [5.74, 6) is 0.523. The zero-order valence-corrected chi connectivity index (χ0v) is 28.1. The van der Waals surface area contributed by atoms with Crippen LogP contribution >= 0.6 is 0 Å². The van der Waals surface area contributed by atoms with Crippen molar-refractivity contribution in [3.05, 3.63) is 84.2 Å². The lowest BCUT2D eigenvalue weighted by atomic mass is 9.35. The molecule has 4 aromatic rings. The topological polar surface area (TPSA) is 115 Å². The molecule has 3 aromatic carbocycles. The Balaban J connectivity index is 1.43. The molecule has 1 heterocycles. The number of carbonyl (C=O) groups excluding carboxylic acids is 1. The second-order valence-corrected chi connectivity index (χ2v) is 14.3. The van der Waals surface area contributed by atoms with Crippen molar-refractivity contribution in [2.45, 2.75) is 54.9 Å². The first-order valence-corrected chi connectivity index (χ1v) is 16.7.